The van der Waals surface area contributed by atoms with Crippen LogP contribution in [0.5, 0.6) is 5.75 Å². The Kier molecular flexibility index (Phi) is 7.66. The number of nitrogens with zero attached hydrogens (tertiary/aromatic N) is 2. The van der Waals surface area contributed by atoms with Gasteiger partial charge in [0, 0.05) is 51.0 Å². The molecule has 0 atom stereocenters. The van der Waals surface area contributed by atoms with Gasteiger partial charge in [0.2, 0.25) is 0 Å². The number of hydrogen-bond donors (Lipinski definition) is 1. The molecule has 0 saturated carbocycles. The molecule has 0 aromatic heterocycles. The molecule has 21 heavy (non-hydrogen) atoms. The van der Waals surface area contributed by atoms with Crippen molar-refractivity contribution in [3.8, 4) is 5.75 Å². The van der Waals surface area contributed by atoms with Crippen molar-refractivity contribution in [3.63, 3.8) is 0 Å². The Labute approximate surface area is 125 Å². The Hall–Kier alpha value is -1.70. The fourth-order valence-electron chi connectivity index (χ4n) is 1.87. The molecule has 0 aliphatic carbocycles. The monoisotopic (exact) mass is 297 g/mol. The van der Waals surface area contributed by atoms with Gasteiger partial charge >= 0.3 is 0 Å². The van der Waals surface area contributed by atoms with Crippen molar-refractivity contribution >= 4 is 5.69 Å². The number of non-ortho nitro benzene ring substituents is 1. The quantitative estimate of drug-likeness (QED) is 0.398. The standard InChI is InChI=1S/C14H23N3O4/c1-16(8-9-20-2)7-6-15-11-12-10-13(17(18)19)4-5-14(12)21-3/h4-5,10,15H,6-9,11H2,1-3H3. The fraction of sp³-hybridized carbons (Fsp3) is 0.571. The zero-order chi connectivity index (χ0) is 15.7. The summed E-state index contributed by atoms with van der Waals surface area (Å²) in [5.74, 6) is 0.654. The molecule has 0 spiro atoms. The largest absolute Gasteiger partial charge is 0.496 e. The van der Waals surface area contributed by atoms with Crippen LogP contribution in [0, 0.1) is 10.1 Å². The van der Waals surface area contributed by atoms with E-state index in [-0.39, 0.29) is 5.69 Å². The SMILES string of the molecule is COCCN(C)CCNCc1cc([N+](=O)[O-])ccc1OC. The van der Waals surface area contributed by atoms with Crippen LogP contribution in [0.2, 0.25) is 0 Å². The number of benzene rings is 1. The van der Waals surface area contributed by atoms with E-state index in [9.17, 15) is 10.1 Å². The third kappa shape index (κ3) is 6.07. The number of methoxy groups -OCH3 is 2. The molecule has 0 unspecified atom stereocenters. The minimum Gasteiger partial charge on any atom is -0.496 e. The van der Waals surface area contributed by atoms with E-state index in [1.807, 2.05) is 7.05 Å². The second-order valence-electron chi connectivity index (χ2n) is 4.73. The summed E-state index contributed by atoms with van der Waals surface area (Å²) >= 11 is 0. The molecule has 0 aliphatic rings. The summed E-state index contributed by atoms with van der Waals surface area (Å²) in [6.07, 6.45) is 0. The first-order chi connectivity index (χ1) is 10.1. The average molecular weight is 297 g/mol. The summed E-state index contributed by atoms with van der Waals surface area (Å²) in [6.45, 7) is 3.77. The molecule has 0 radical (unpaired) electrons. The van der Waals surface area contributed by atoms with Crippen molar-refractivity contribution < 1.29 is 14.4 Å². The van der Waals surface area contributed by atoms with Gasteiger partial charge in [-0.3, -0.25) is 10.1 Å². The summed E-state index contributed by atoms with van der Waals surface area (Å²) in [5, 5.41) is 14.1. The topological polar surface area (TPSA) is 76.9 Å². The smallest absolute Gasteiger partial charge is 0.270 e. The van der Waals surface area contributed by atoms with Crippen molar-refractivity contribution in [1.29, 1.82) is 0 Å². The van der Waals surface area contributed by atoms with Gasteiger partial charge in [-0.05, 0) is 13.1 Å². The molecule has 0 bridgehead atoms. The van der Waals surface area contributed by atoms with E-state index in [1.54, 1.807) is 26.4 Å². The molecular weight excluding hydrogens is 274 g/mol. The molecule has 7 nitrogen and oxygen atoms in total. The molecular formula is C14H23N3O4. The molecule has 1 aromatic rings. The maximum absolute atomic E-state index is 10.8. The molecule has 0 saturated heterocycles. The van der Waals surface area contributed by atoms with Gasteiger partial charge in [-0.1, -0.05) is 0 Å². The number of ether oxygens (including phenoxy) is 2. The van der Waals surface area contributed by atoms with Crippen molar-refractivity contribution in [3.05, 3.63) is 33.9 Å². The number of rotatable bonds is 10. The fourth-order valence-corrected chi connectivity index (χ4v) is 1.87. The highest BCUT2D eigenvalue weighted by Gasteiger charge is 2.10. The molecule has 0 aliphatic heterocycles. The van der Waals surface area contributed by atoms with Crippen LogP contribution in [-0.2, 0) is 11.3 Å². The Bertz CT molecular complexity index is 454. The first-order valence-electron chi connectivity index (χ1n) is 6.78. The highest BCUT2D eigenvalue weighted by atomic mass is 16.6. The third-order valence-corrected chi connectivity index (χ3v) is 3.14. The van der Waals surface area contributed by atoms with Gasteiger partial charge in [-0.15, -0.1) is 0 Å². The maximum Gasteiger partial charge on any atom is 0.270 e. The van der Waals surface area contributed by atoms with Crippen molar-refractivity contribution in [1.82, 2.24) is 10.2 Å². The van der Waals surface area contributed by atoms with Gasteiger partial charge in [-0.2, -0.15) is 0 Å². The Balaban J connectivity index is 2.46. The van der Waals surface area contributed by atoms with Crippen LogP contribution in [0.25, 0.3) is 0 Å². The lowest BCUT2D eigenvalue weighted by Crippen LogP contribution is -2.31. The minimum absolute atomic E-state index is 0.0739. The van der Waals surface area contributed by atoms with Gasteiger partial charge in [0.25, 0.3) is 5.69 Å². The van der Waals surface area contributed by atoms with Crippen LogP contribution < -0.4 is 10.1 Å². The van der Waals surface area contributed by atoms with E-state index >= 15 is 0 Å². The Morgan fingerprint density at radius 3 is 2.71 bits per heavy atom. The highest BCUT2D eigenvalue weighted by molar-refractivity contribution is 5.43. The van der Waals surface area contributed by atoms with Crippen molar-refractivity contribution in [2.45, 2.75) is 6.54 Å². The van der Waals surface area contributed by atoms with E-state index in [1.165, 1.54) is 6.07 Å². The molecule has 1 rings (SSSR count). The molecule has 118 valence electrons. The summed E-state index contributed by atoms with van der Waals surface area (Å²) in [4.78, 5) is 12.6. The zero-order valence-electron chi connectivity index (χ0n) is 12.8. The van der Waals surface area contributed by atoms with Gasteiger partial charge in [0.1, 0.15) is 5.75 Å². The zero-order valence-corrected chi connectivity index (χ0v) is 12.8. The average Bonchev–Trinajstić information content (AvgIpc) is 2.49. The number of likely N-dealkylation sites (N-methyl/N-ethyl adjacent to an activating group) is 1. The first kappa shape index (κ1) is 17.4. The summed E-state index contributed by atoms with van der Waals surface area (Å²) in [5.41, 5.74) is 0.857. The predicted octanol–water partition coefficient (Wildman–Crippen LogP) is 1.27. The van der Waals surface area contributed by atoms with Gasteiger partial charge in [0.05, 0.1) is 18.6 Å². The number of nitro benzene ring substituents is 1. The Morgan fingerprint density at radius 1 is 1.33 bits per heavy atom. The van der Waals surface area contributed by atoms with E-state index in [4.69, 9.17) is 9.47 Å². The normalized spacial score (nSPS) is 10.9. The molecule has 0 fully saturated rings. The summed E-state index contributed by atoms with van der Waals surface area (Å²) < 4.78 is 10.2. The van der Waals surface area contributed by atoms with Gasteiger partial charge in [0.15, 0.2) is 0 Å². The van der Waals surface area contributed by atoms with E-state index in [0.717, 1.165) is 25.2 Å². The second kappa shape index (κ2) is 9.28. The number of hydrogen-bond acceptors (Lipinski definition) is 6. The van der Waals surface area contributed by atoms with Crippen molar-refractivity contribution in [2.75, 3.05) is 47.5 Å². The van der Waals surface area contributed by atoms with Crippen LogP contribution in [0.15, 0.2) is 18.2 Å². The van der Waals surface area contributed by atoms with Crippen LogP contribution in [0.4, 0.5) is 5.69 Å². The maximum atomic E-state index is 10.8. The Morgan fingerprint density at radius 2 is 2.10 bits per heavy atom. The second-order valence-corrected chi connectivity index (χ2v) is 4.73. The molecule has 1 N–H and O–H groups in total. The van der Waals surface area contributed by atoms with Gasteiger partial charge < -0.3 is 19.7 Å². The van der Waals surface area contributed by atoms with E-state index in [2.05, 4.69) is 10.2 Å². The van der Waals surface area contributed by atoms with Crippen LogP contribution in [-0.4, -0.2) is 57.3 Å². The lowest BCUT2D eigenvalue weighted by molar-refractivity contribution is -0.384. The minimum atomic E-state index is -0.401. The van der Waals surface area contributed by atoms with Crippen LogP contribution in [0.3, 0.4) is 0 Å². The van der Waals surface area contributed by atoms with Crippen LogP contribution in [0.1, 0.15) is 5.56 Å². The lowest BCUT2D eigenvalue weighted by Gasteiger charge is -2.16. The lowest BCUT2D eigenvalue weighted by atomic mass is 10.1. The summed E-state index contributed by atoms with van der Waals surface area (Å²) in [7, 11) is 5.26. The first-order valence-corrected chi connectivity index (χ1v) is 6.78. The number of nitro groups is 1. The highest BCUT2D eigenvalue weighted by Crippen LogP contribution is 2.23. The molecule has 0 heterocycles. The van der Waals surface area contributed by atoms with E-state index < -0.39 is 4.92 Å². The van der Waals surface area contributed by atoms with Crippen molar-refractivity contribution in [2.24, 2.45) is 0 Å². The van der Waals surface area contributed by atoms with Crippen LogP contribution >= 0.6 is 0 Å². The molecule has 7 heteroatoms. The van der Waals surface area contributed by atoms with E-state index in [0.29, 0.717) is 18.9 Å². The summed E-state index contributed by atoms with van der Waals surface area (Å²) in [6, 6.07) is 4.61. The third-order valence-electron chi connectivity index (χ3n) is 3.14. The molecule has 1 aromatic carbocycles. The predicted molar refractivity (Wildman–Crippen MR) is 80.7 cm³/mol. The molecule has 0 amide bonds. The van der Waals surface area contributed by atoms with Gasteiger partial charge in [-0.25, -0.2) is 0 Å². The number of nitrogens with one attached hydrogen (secondary N) is 1.